The van der Waals surface area contributed by atoms with E-state index in [0.717, 1.165) is 29.7 Å². The molecule has 0 atom stereocenters. The monoisotopic (exact) mass is 363 g/mol. The van der Waals surface area contributed by atoms with Crippen LogP contribution in [-0.2, 0) is 0 Å². The highest BCUT2D eigenvalue weighted by Crippen LogP contribution is 2.29. The number of likely N-dealkylation sites (tertiary alicyclic amines) is 1. The molecule has 142 valence electrons. The van der Waals surface area contributed by atoms with Crippen molar-refractivity contribution >= 4 is 16.7 Å². The van der Waals surface area contributed by atoms with Crippen molar-refractivity contribution in [2.24, 2.45) is 11.8 Å². The molecule has 4 rings (SSSR count). The van der Waals surface area contributed by atoms with Crippen molar-refractivity contribution in [3.63, 3.8) is 0 Å². The maximum absolute atomic E-state index is 4.52. The summed E-state index contributed by atoms with van der Waals surface area (Å²) >= 11 is 0. The number of aromatic amines is 1. The van der Waals surface area contributed by atoms with Gasteiger partial charge in [-0.2, -0.15) is 0 Å². The minimum absolute atomic E-state index is 0.734. The maximum atomic E-state index is 4.52. The van der Waals surface area contributed by atoms with Crippen molar-refractivity contribution in [2.45, 2.75) is 26.7 Å². The highest BCUT2D eigenvalue weighted by atomic mass is 15.1. The Morgan fingerprint density at radius 1 is 1.22 bits per heavy atom. The summed E-state index contributed by atoms with van der Waals surface area (Å²) < 4.78 is 0. The number of nitrogens with one attached hydrogen (secondary N) is 2. The molecule has 1 aliphatic heterocycles. The van der Waals surface area contributed by atoms with Crippen LogP contribution in [0.25, 0.3) is 22.0 Å². The first kappa shape index (κ1) is 18.0. The number of hydrogen-bond acceptors (Lipinski definition) is 4. The van der Waals surface area contributed by atoms with E-state index in [1.807, 2.05) is 18.6 Å². The molecule has 0 spiro atoms. The van der Waals surface area contributed by atoms with Gasteiger partial charge in [0, 0.05) is 42.6 Å². The Kier molecular flexibility index (Phi) is 5.39. The van der Waals surface area contributed by atoms with Gasteiger partial charge in [0.2, 0.25) is 0 Å². The summed E-state index contributed by atoms with van der Waals surface area (Å²) in [5, 5.41) is 4.76. The van der Waals surface area contributed by atoms with Crippen LogP contribution in [0.1, 0.15) is 26.7 Å². The number of fused-ring (bicyclic) bond motifs is 1. The highest BCUT2D eigenvalue weighted by molar-refractivity contribution is 5.95. The Morgan fingerprint density at radius 3 is 2.89 bits per heavy atom. The maximum Gasteiger partial charge on any atom is 0.126 e. The molecule has 0 saturated carbocycles. The molecule has 0 bridgehead atoms. The molecule has 1 aliphatic rings. The van der Waals surface area contributed by atoms with Gasteiger partial charge in [-0.3, -0.25) is 4.98 Å². The van der Waals surface area contributed by atoms with Crippen LogP contribution >= 0.6 is 0 Å². The Labute approximate surface area is 161 Å². The number of H-pyrrole nitrogens is 1. The molecule has 0 unspecified atom stereocenters. The standard InChI is InChI=1S/C22H29N5/c1-16(2)15-27-9-5-17(6-10-27)12-26-22-11-18(3-8-24-22)20-13-25-21-14-23-7-4-19(20)21/h3-4,7-8,11,13-14,16-17,25H,5-6,9-10,12,15H2,1-2H3,(H,24,26). The summed E-state index contributed by atoms with van der Waals surface area (Å²) in [6.07, 6.45) is 10.2. The number of nitrogens with zero attached hydrogens (tertiary/aromatic N) is 3. The first-order valence-corrected chi connectivity index (χ1v) is 10.0. The second kappa shape index (κ2) is 8.09. The molecule has 4 heterocycles. The Bertz CT molecular complexity index is 877. The van der Waals surface area contributed by atoms with E-state index in [1.54, 1.807) is 0 Å². The van der Waals surface area contributed by atoms with Gasteiger partial charge in [-0.15, -0.1) is 0 Å². The number of pyridine rings is 2. The van der Waals surface area contributed by atoms with Gasteiger partial charge < -0.3 is 15.2 Å². The molecule has 0 aliphatic carbocycles. The van der Waals surface area contributed by atoms with Crippen molar-refractivity contribution in [3.8, 4) is 11.1 Å². The minimum Gasteiger partial charge on any atom is -0.370 e. The molecule has 0 aromatic carbocycles. The van der Waals surface area contributed by atoms with E-state index in [2.05, 4.69) is 63.4 Å². The van der Waals surface area contributed by atoms with E-state index in [1.165, 1.54) is 49.0 Å². The lowest BCUT2D eigenvalue weighted by molar-refractivity contribution is 0.172. The summed E-state index contributed by atoms with van der Waals surface area (Å²) in [5.74, 6) is 2.45. The number of anilines is 1. The van der Waals surface area contributed by atoms with Crippen LogP contribution in [0.15, 0.2) is 43.0 Å². The topological polar surface area (TPSA) is 56.8 Å². The summed E-state index contributed by atoms with van der Waals surface area (Å²) in [5.41, 5.74) is 3.43. The molecule has 3 aromatic heterocycles. The SMILES string of the molecule is CC(C)CN1CCC(CNc2cc(-c3c[nH]c4cnccc34)ccn2)CC1. The van der Waals surface area contributed by atoms with Crippen molar-refractivity contribution in [2.75, 3.05) is 31.5 Å². The van der Waals surface area contributed by atoms with Gasteiger partial charge in [0.25, 0.3) is 0 Å². The molecule has 1 fully saturated rings. The van der Waals surface area contributed by atoms with E-state index < -0.39 is 0 Å². The predicted molar refractivity (Wildman–Crippen MR) is 112 cm³/mol. The largest absolute Gasteiger partial charge is 0.370 e. The minimum atomic E-state index is 0.734. The fourth-order valence-corrected chi connectivity index (χ4v) is 4.04. The van der Waals surface area contributed by atoms with Crippen LogP contribution in [0.3, 0.4) is 0 Å². The van der Waals surface area contributed by atoms with E-state index >= 15 is 0 Å². The van der Waals surface area contributed by atoms with Crippen LogP contribution in [0.5, 0.6) is 0 Å². The number of piperidine rings is 1. The normalized spacial score (nSPS) is 16.3. The third-order valence-corrected chi connectivity index (χ3v) is 5.46. The molecule has 0 amide bonds. The fraction of sp³-hybridized carbons (Fsp3) is 0.455. The van der Waals surface area contributed by atoms with E-state index in [4.69, 9.17) is 0 Å². The van der Waals surface area contributed by atoms with Crippen molar-refractivity contribution in [3.05, 3.63) is 43.0 Å². The molecule has 0 radical (unpaired) electrons. The van der Waals surface area contributed by atoms with Gasteiger partial charge in [-0.05, 0) is 61.5 Å². The number of hydrogen-bond donors (Lipinski definition) is 2. The lowest BCUT2D eigenvalue weighted by atomic mass is 9.96. The number of rotatable bonds is 6. The molecule has 2 N–H and O–H groups in total. The fourth-order valence-electron chi connectivity index (χ4n) is 4.04. The van der Waals surface area contributed by atoms with Gasteiger partial charge in [0.15, 0.2) is 0 Å². The van der Waals surface area contributed by atoms with Gasteiger partial charge in [-0.25, -0.2) is 4.98 Å². The van der Waals surface area contributed by atoms with Gasteiger partial charge in [0.05, 0.1) is 11.7 Å². The van der Waals surface area contributed by atoms with E-state index in [0.29, 0.717) is 0 Å². The smallest absolute Gasteiger partial charge is 0.126 e. The average molecular weight is 364 g/mol. The molecule has 3 aromatic rings. The summed E-state index contributed by atoms with van der Waals surface area (Å²) in [6.45, 7) is 9.28. The average Bonchev–Trinajstić information content (AvgIpc) is 3.11. The highest BCUT2D eigenvalue weighted by Gasteiger charge is 2.19. The molecule has 27 heavy (non-hydrogen) atoms. The zero-order valence-electron chi connectivity index (χ0n) is 16.3. The van der Waals surface area contributed by atoms with Crippen LogP contribution in [-0.4, -0.2) is 46.0 Å². The second-order valence-electron chi connectivity index (χ2n) is 8.07. The Balaban J connectivity index is 1.38. The first-order chi connectivity index (χ1) is 13.2. The van der Waals surface area contributed by atoms with Crippen LogP contribution < -0.4 is 5.32 Å². The van der Waals surface area contributed by atoms with Gasteiger partial charge in [-0.1, -0.05) is 13.8 Å². The van der Waals surface area contributed by atoms with Crippen molar-refractivity contribution < 1.29 is 0 Å². The third kappa shape index (κ3) is 4.30. The lowest BCUT2D eigenvalue weighted by Crippen LogP contribution is -2.37. The van der Waals surface area contributed by atoms with E-state index in [-0.39, 0.29) is 0 Å². The van der Waals surface area contributed by atoms with Gasteiger partial charge in [0.1, 0.15) is 5.82 Å². The zero-order chi connectivity index (χ0) is 18.6. The summed E-state index contributed by atoms with van der Waals surface area (Å²) in [6, 6.07) is 6.27. The second-order valence-corrected chi connectivity index (χ2v) is 8.07. The summed E-state index contributed by atoms with van der Waals surface area (Å²) in [7, 11) is 0. The Hall–Kier alpha value is -2.40. The van der Waals surface area contributed by atoms with Crippen molar-refractivity contribution in [1.29, 1.82) is 0 Å². The number of aromatic nitrogens is 3. The molecule has 1 saturated heterocycles. The predicted octanol–water partition coefficient (Wildman–Crippen LogP) is 4.40. The van der Waals surface area contributed by atoms with E-state index in [9.17, 15) is 0 Å². The zero-order valence-corrected chi connectivity index (χ0v) is 16.3. The molecule has 5 nitrogen and oxygen atoms in total. The quantitative estimate of drug-likeness (QED) is 0.681. The van der Waals surface area contributed by atoms with Crippen molar-refractivity contribution in [1.82, 2.24) is 19.9 Å². The molecule has 5 heteroatoms. The summed E-state index contributed by atoms with van der Waals surface area (Å²) in [4.78, 5) is 14.6. The molecular weight excluding hydrogens is 334 g/mol. The first-order valence-electron chi connectivity index (χ1n) is 10.0. The molecular formula is C22H29N5. The third-order valence-electron chi connectivity index (χ3n) is 5.46. The Morgan fingerprint density at radius 2 is 2.07 bits per heavy atom. The van der Waals surface area contributed by atoms with Crippen LogP contribution in [0.4, 0.5) is 5.82 Å². The van der Waals surface area contributed by atoms with Crippen LogP contribution in [0.2, 0.25) is 0 Å². The lowest BCUT2D eigenvalue weighted by Gasteiger charge is -2.33. The van der Waals surface area contributed by atoms with Crippen LogP contribution in [0, 0.1) is 11.8 Å². The van der Waals surface area contributed by atoms with Gasteiger partial charge >= 0.3 is 0 Å².